The molecule has 90 valence electrons. The van der Waals surface area contributed by atoms with Crippen LogP contribution in [0.2, 0.25) is 0 Å². The fourth-order valence-electron chi connectivity index (χ4n) is 1.56. The molecule has 0 amide bonds. The van der Waals surface area contributed by atoms with Crippen LogP contribution in [0.15, 0.2) is 21.3 Å². The Kier molecular flexibility index (Phi) is 2.43. The van der Waals surface area contributed by atoms with Crippen LogP contribution in [0.5, 0.6) is 0 Å². The third kappa shape index (κ3) is 1.94. The first-order valence-corrected chi connectivity index (χ1v) is 5.76. The van der Waals surface area contributed by atoms with Gasteiger partial charge >= 0.3 is 0 Å². The number of nitrogens with zero attached hydrogens (tertiary/aromatic N) is 2. The lowest BCUT2D eigenvalue weighted by atomic mass is 10.3. The third-order valence-corrected chi connectivity index (χ3v) is 3.47. The summed E-state index contributed by atoms with van der Waals surface area (Å²) in [5, 5.41) is 12.7. The van der Waals surface area contributed by atoms with E-state index in [1.807, 2.05) is 0 Å². The van der Waals surface area contributed by atoms with E-state index >= 15 is 0 Å². The molecule has 1 unspecified atom stereocenters. The van der Waals surface area contributed by atoms with E-state index in [4.69, 9.17) is 37.2 Å². The maximum absolute atomic E-state index is 8.87. The monoisotopic (exact) mass is 274 g/mol. The molecule has 0 aliphatic heterocycles. The second-order valence-electron chi connectivity index (χ2n) is 3.94. The van der Waals surface area contributed by atoms with Gasteiger partial charge in [0.25, 0.3) is 5.89 Å². The van der Waals surface area contributed by atoms with Crippen molar-refractivity contribution in [2.75, 3.05) is 0 Å². The molecule has 0 aromatic carbocycles. The fourth-order valence-corrected chi connectivity index (χ4v) is 2.07. The van der Waals surface area contributed by atoms with E-state index in [2.05, 4.69) is 10.1 Å². The zero-order chi connectivity index (χ0) is 12.0. The molecule has 3 rings (SSSR count). The highest BCUT2D eigenvalue weighted by Gasteiger charge is 2.55. The standard InChI is InChI=1S/C10H8Cl2N2O3/c11-10(12)2-7(10)8-13-9(17-14-8)5-1-6(3-15)16-4-5/h1,4,7,15H,2-3H2. The highest BCUT2D eigenvalue weighted by atomic mass is 35.5. The summed E-state index contributed by atoms with van der Waals surface area (Å²) in [6.45, 7) is -0.171. The number of hydrogen-bond donors (Lipinski definition) is 1. The van der Waals surface area contributed by atoms with E-state index in [-0.39, 0.29) is 12.5 Å². The Balaban J connectivity index is 1.85. The van der Waals surface area contributed by atoms with Gasteiger partial charge in [-0.3, -0.25) is 0 Å². The lowest BCUT2D eigenvalue weighted by Crippen LogP contribution is -1.91. The molecule has 2 heterocycles. The molecule has 0 spiro atoms. The average molecular weight is 275 g/mol. The molecular weight excluding hydrogens is 267 g/mol. The molecule has 1 saturated carbocycles. The van der Waals surface area contributed by atoms with Crippen molar-refractivity contribution in [1.82, 2.24) is 10.1 Å². The van der Waals surface area contributed by atoms with E-state index in [0.29, 0.717) is 29.5 Å². The number of aliphatic hydroxyl groups excluding tert-OH is 1. The Morgan fingerprint density at radius 2 is 2.29 bits per heavy atom. The molecule has 1 aliphatic rings. The van der Waals surface area contributed by atoms with Crippen LogP contribution in [-0.4, -0.2) is 19.6 Å². The number of aromatic nitrogens is 2. The largest absolute Gasteiger partial charge is 0.466 e. The van der Waals surface area contributed by atoms with E-state index in [9.17, 15) is 0 Å². The number of aliphatic hydroxyl groups is 1. The predicted octanol–water partition coefficient (Wildman–Crippen LogP) is 2.48. The maximum Gasteiger partial charge on any atom is 0.261 e. The molecule has 1 aliphatic carbocycles. The molecule has 2 aromatic rings. The average Bonchev–Trinajstić information content (AvgIpc) is 2.81. The Labute approximate surface area is 106 Å². The van der Waals surface area contributed by atoms with Crippen molar-refractivity contribution >= 4 is 23.2 Å². The topological polar surface area (TPSA) is 72.3 Å². The summed E-state index contributed by atoms with van der Waals surface area (Å²) in [7, 11) is 0. The summed E-state index contributed by atoms with van der Waals surface area (Å²) in [5.41, 5.74) is 0.628. The summed E-state index contributed by atoms with van der Waals surface area (Å²) >= 11 is 11.8. The number of rotatable bonds is 3. The van der Waals surface area contributed by atoms with Crippen molar-refractivity contribution in [3.05, 3.63) is 23.9 Å². The zero-order valence-corrected chi connectivity index (χ0v) is 10.1. The molecule has 0 bridgehead atoms. The van der Waals surface area contributed by atoms with Gasteiger partial charge in [0.2, 0.25) is 0 Å². The lowest BCUT2D eigenvalue weighted by molar-refractivity contribution is 0.247. The Morgan fingerprint density at radius 1 is 1.53 bits per heavy atom. The summed E-state index contributed by atoms with van der Waals surface area (Å²) in [4.78, 5) is 4.20. The van der Waals surface area contributed by atoms with Crippen LogP contribution in [0.4, 0.5) is 0 Å². The second-order valence-corrected chi connectivity index (χ2v) is 5.48. The molecule has 1 N–H and O–H groups in total. The van der Waals surface area contributed by atoms with Gasteiger partial charge in [0.05, 0.1) is 11.5 Å². The van der Waals surface area contributed by atoms with Crippen LogP contribution in [0.25, 0.3) is 11.5 Å². The summed E-state index contributed by atoms with van der Waals surface area (Å²) < 4.78 is 9.38. The molecular formula is C10H8Cl2N2O3. The minimum absolute atomic E-state index is 0.0763. The first-order valence-electron chi connectivity index (χ1n) is 5.00. The third-order valence-electron chi connectivity index (χ3n) is 2.64. The van der Waals surface area contributed by atoms with Gasteiger partial charge in [0.15, 0.2) is 5.82 Å². The SMILES string of the molecule is OCc1cc(-c2nc(C3CC3(Cl)Cl)no2)co1. The zero-order valence-electron chi connectivity index (χ0n) is 8.56. The van der Waals surface area contributed by atoms with Crippen molar-refractivity contribution < 1.29 is 14.0 Å². The van der Waals surface area contributed by atoms with Gasteiger partial charge in [-0.05, 0) is 12.5 Å². The van der Waals surface area contributed by atoms with Crippen LogP contribution in [0.3, 0.4) is 0 Å². The molecule has 5 nitrogen and oxygen atoms in total. The summed E-state index contributed by atoms with van der Waals surface area (Å²) in [6, 6.07) is 1.64. The number of furan rings is 1. The predicted molar refractivity (Wildman–Crippen MR) is 59.7 cm³/mol. The molecule has 2 aromatic heterocycles. The van der Waals surface area contributed by atoms with Crippen LogP contribution >= 0.6 is 23.2 Å². The molecule has 17 heavy (non-hydrogen) atoms. The molecule has 0 radical (unpaired) electrons. The van der Waals surface area contributed by atoms with Crippen molar-refractivity contribution in [2.45, 2.75) is 23.3 Å². The van der Waals surface area contributed by atoms with E-state index in [1.165, 1.54) is 6.26 Å². The summed E-state index contributed by atoms with van der Waals surface area (Å²) in [5.74, 6) is 1.19. The number of alkyl halides is 2. The van der Waals surface area contributed by atoms with Gasteiger partial charge < -0.3 is 14.0 Å². The minimum atomic E-state index is -0.770. The van der Waals surface area contributed by atoms with E-state index in [1.54, 1.807) is 6.07 Å². The molecule has 1 atom stereocenters. The van der Waals surface area contributed by atoms with Gasteiger partial charge in [0.1, 0.15) is 23.0 Å². The van der Waals surface area contributed by atoms with Crippen molar-refractivity contribution in [3.63, 3.8) is 0 Å². The number of hydrogen-bond acceptors (Lipinski definition) is 5. The van der Waals surface area contributed by atoms with Gasteiger partial charge in [-0.15, -0.1) is 23.2 Å². The Hall–Kier alpha value is -1.04. The molecule has 7 heteroatoms. The maximum atomic E-state index is 8.87. The van der Waals surface area contributed by atoms with Crippen molar-refractivity contribution in [2.24, 2.45) is 0 Å². The minimum Gasteiger partial charge on any atom is -0.466 e. The highest BCUT2D eigenvalue weighted by Crippen LogP contribution is 2.58. The first-order chi connectivity index (χ1) is 8.10. The van der Waals surface area contributed by atoms with Crippen molar-refractivity contribution in [3.8, 4) is 11.5 Å². The quantitative estimate of drug-likeness (QED) is 0.871. The molecule has 0 saturated heterocycles. The smallest absolute Gasteiger partial charge is 0.261 e. The van der Waals surface area contributed by atoms with E-state index in [0.717, 1.165) is 0 Å². The van der Waals surface area contributed by atoms with Crippen LogP contribution < -0.4 is 0 Å². The van der Waals surface area contributed by atoms with Crippen LogP contribution in [-0.2, 0) is 6.61 Å². The van der Waals surface area contributed by atoms with Gasteiger partial charge in [-0.25, -0.2) is 0 Å². The molecule has 1 fully saturated rings. The fraction of sp³-hybridized carbons (Fsp3) is 0.400. The van der Waals surface area contributed by atoms with E-state index < -0.39 is 4.33 Å². The summed E-state index contributed by atoms with van der Waals surface area (Å²) in [6.07, 6.45) is 2.08. The van der Waals surface area contributed by atoms with Gasteiger partial charge in [0, 0.05) is 0 Å². The number of halogens is 2. The van der Waals surface area contributed by atoms with Crippen LogP contribution in [0, 0.1) is 0 Å². The normalized spacial score (nSPS) is 21.7. The van der Waals surface area contributed by atoms with Gasteiger partial charge in [-0.1, -0.05) is 5.16 Å². The van der Waals surface area contributed by atoms with Crippen LogP contribution in [0.1, 0.15) is 23.9 Å². The lowest BCUT2D eigenvalue weighted by Gasteiger charge is -1.90. The highest BCUT2D eigenvalue weighted by molar-refractivity contribution is 6.51. The van der Waals surface area contributed by atoms with Gasteiger partial charge in [-0.2, -0.15) is 4.98 Å². The Bertz CT molecular complexity index is 549. The first kappa shape index (κ1) is 11.1. The Morgan fingerprint density at radius 3 is 2.88 bits per heavy atom. The van der Waals surface area contributed by atoms with Crippen molar-refractivity contribution in [1.29, 1.82) is 0 Å². The second kappa shape index (κ2) is 3.73.